The number of nitrogens with one attached hydrogen (secondary N) is 1. The Kier molecular flexibility index (Phi) is 6.28. The predicted molar refractivity (Wildman–Crippen MR) is 74.0 cm³/mol. The van der Waals surface area contributed by atoms with Crippen molar-refractivity contribution >= 4 is 24.0 Å². The van der Waals surface area contributed by atoms with Gasteiger partial charge in [-0.1, -0.05) is 23.7 Å². The molecule has 0 aliphatic carbocycles. The van der Waals surface area contributed by atoms with E-state index in [9.17, 15) is 0 Å². The summed E-state index contributed by atoms with van der Waals surface area (Å²) >= 11 is 5.89. The lowest BCUT2D eigenvalue weighted by molar-refractivity contribution is 0.0383. The molecule has 1 N–H and O–H groups in total. The molecule has 0 bridgehead atoms. The van der Waals surface area contributed by atoms with Crippen LogP contribution in [0.25, 0.3) is 0 Å². The van der Waals surface area contributed by atoms with Crippen LogP contribution in [0.5, 0.6) is 0 Å². The van der Waals surface area contributed by atoms with Crippen molar-refractivity contribution in [2.45, 2.75) is 18.9 Å². The summed E-state index contributed by atoms with van der Waals surface area (Å²) in [5.41, 5.74) is 1.24. The van der Waals surface area contributed by atoms with Crippen molar-refractivity contribution in [2.24, 2.45) is 5.92 Å². The van der Waals surface area contributed by atoms with Gasteiger partial charge in [-0.05, 0) is 49.5 Å². The first-order valence-corrected chi connectivity index (χ1v) is 6.18. The van der Waals surface area contributed by atoms with Crippen molar-refractivity contribution in [1.29, 1.82) is 0 Å². The molecule has 1 aliphatic heterocycles. The van der Waals surface area contributed by atoms with Crippen LogP contribution in [0.15, 0.2) is 24.3 Å². The van der Waals surface area contributed by atoms with E-state index >= 15 is 0 Å². The second-order valence-corrected chi connectivity index (χ2v) is 4.73. The Morgan fingerprint density at radius 2 is 1.82 bits per heavy atom. The van der Waals surface area contributed by atoms with E-state index in [-0.39, 0.29) is 18.5 Å². The molecular weight excluding hydrogens is 257 g/mol. The molecule has 1 aliphatic rings. The van der Waals surface area contributed by atoms with Crippen LogP contribution >= 0.6 is 24.0 Å². The van der Waals surface area contributed by atoms with E-state index in [0.717, 1.165) is 18.1 Å². The number of ether oxygens (including phenoxy) is 1. The third-order valence-electron chi connectivity index (χ3n) is 3.26. The first-order chi connectivity index (χ1) is 7.81. The van der Waals surface area contributed by atoms with Gasteiger partial charge in [0.2, 0.25) is 0 Å². The van der Waals surface area contributed by atoms with Crippen molar-refractivity contribution < 1.29 is 4.74 Å². The predicted octanol–water partition coefficient (Wildman–Crippen LogP) is 3.45. The van der Waals surface area contributed by atoms with E-state index in [4.69, 9.17) is 16.3 Å². The Balaban J connectivity index is 0.00000144. The Morgan fingerprint density at radius 1 is 1.24 bits per heavy atom. The van der Waals surface area contributed by atoms with E-state index in [2.05, 4.69) is 17.4 Å². The van der Waals surface area contributed by atoms with E-state index in [1.54, 1.807) is 7.11 Å². The second-order valence-electron chi connectivity index (χ2n) is 4.30. The van der Waals surface area contributed by atoms with E-state index in [0.29, 0.717) is 5.92 Å². The minimum absolute atomic E-state index is 0. The quantitative estimate of drug-likeness (QED) is 0.913. The number of hydrogen-bond donors (Lipinski definition) is 1. The van der Waals surface area contributed by atoms with Crippen LogP contribution in [0.3, 0.4) is 0 Å². The summed E-state index contributed by atoms with van der Waals surface area (Å²) in [4.78, 5) is 0. The monoisotopic (exact) mass is 275 g/mol. The zero-order chi connectivity index (χ0) is 11.4. The zero-order valence-electron chi connectivity index (χ0n) is 9.99. The maximum Gasteiger partial charge on any atom is 0.0850 e. The standard InChI is InChI=1S/C13H18ClNO.ClH/c1-16-13(11-6-8-15-9-7-11)10-2-4-12(14)5-3-10;/h2-5,11,13,15H,6-9H2,1H3;1H. The highest BCUT2D eigenvalue weighted by atomic mass is 35.5. The van der Waals surface area contributed by atoms with Crippen molar-refractivity contribution in [2.75, 3.05) is 20.2 Å². The highest BCUT2D eigenvalue weighted by Crippen LogP contribution is 2.31. The summed E-state index contributed by atoms with van der Waals surface area (Å²) in [6, 6.07) is 8.00. The maximum absolute atomic E-state index is 5.89. The topological polar surface area (TPSA) is 21.3 Å². The molecule has 1 heterocycles. The van der Waals surface area contributed by atoms with Gasteiger partial charge in [0.1, 0.15) is 0 Å². The van der Waals surface area contributed by atoms with Crippen LogP contribution in [0, 0.1) is 5.92 Å². The fourth-order valence-corrected chi connectivity index (χ4v) is 2.53. The number of rotatable bonds is 3. The molecular formula is C13H19Cl2NO. The molecule has 1 atom stereocenters. The molecule has 0 saturated carbocycles. The van der Waals surface area contributed by atoms with Crippen molar-refractivity contribution in [1.82, 2.24) is 5.32 Å². The molecule has 0 radical (unpaired) electrons. The molecule has 96 valence electrons. The van der Waals surface area contributed by atoms with Crippen LogP contribution in [0.1, 0.15) is 24.5 Å². The summed E-state index contributed by atoms with van der Waals surface area (Å²) in [7, 11) is 1.79. The van der Waals surface area contributed by atoms with Crippen LogP contribution in [0.2, 0.25) is 5.02 Å². The molecule has 1 fully saturated rings. The summed E-state index contributed by atoms with van der Waals surface area (Å²) in [5, 5.41) is 4.16. The molecule has 0 aromatic heterocycles. The number of piperidine rings is 1. The third-order valence-corrected chi connectivity index (χ3v) is 3.52. The summed E-state index contributed by atoms with van der Waals surface area (Å²) < 4.78 is 5.64. The molecule has 1 aromatic carbocycles. The van der Waals surface area contributed by atoms with Crippen LogP contribution in [-0.4, -0.2) is 20.2 Å². The Bertz CT molecular complexity index is 323. The average Bonchev–Trinajstić information content (AvgIpc) is 2.34. The zero-order valence-corrected chi connectivity index (χ0v) is 11.6. The fraction of sp³-hybridized carbons (Fsp3) is 0.538. The molecule has 1 unspecified atom stereocenters. The number of methoxy groups -OCH3 is 1. The normalized spacial score (nSPS) is 18.5. The van der Waals surface area contributed by atoms with E-state index in [1.165, 1.54) is 18.4 Å². The lowest BCUT2D eigenvalue weighted by Gasteiger charge is -2.30. The SMILES string of the molecule is COC(c1ccc(Cl)cc1)C1CCNCC1.Cl. The third kappa shape index (κ3) is 3.85. The van der Waals surface area contributed by atoms with Crippen molar-refractivity contribution in [3.05, 3.63) is 34.9 Å². The van der Waals surface area contributed by atoms with Gasteiger partial charge in [-0.3, -0.25) is 0 Å². The Hall–Kier alpha value is -0.280. The summed E-state index contributed by atoms with van der Waals surface area (Å²) in [6.07, 6.45) is 2.57. The van der Waals surface area contributed by atoms with Crippen molar-refractivity contribution in [3.8, 4) is 0 Å². The fourth-order valence-electron chi connectivity index (χ4n) is 2.40. The number of halogens is 2. The molecule has 2 nitrogen and oxygen atoms in total. The van der Waals surface area contributed by atoms with E-state index in [1.807, 2.05) is 12.1 Å². The molecule has 2 rings (SSSR count). The smallest absolute Gasteiger partial charge is 0.0850 e. The number of benzene rings is 1. The van der Waals surface area contributed by atoms with Gasteiger partial charge >= 0.3 is 0 Å². The highest BCUT2D eigenvalue weighted by Gasteiger charge is 2.24. The second kappa shape index (κ2) is 7.22. The largest absolute Gasteiger partial charge is 0.376 e. The molecule has 17 heavy (non-hydrogen) atoms. The molecule has 1 aromatic rings. The molecule has 0 spiro atoms. The Labute approximate surface area is 114 Å². The minimum Gasteiger partial charge on any atom is -0.376 e. The summed E-state index contributed by atoms with van der Waals surface area (Å²) in [5.74, 6) is 0.618. The van der Waals surface area contributed by atoms with Gasteiger partial charge in [0.05, 0.1) is 6.10 Å². The first kappa shape index (κ1) is 14.8. The van der Waals surface area contributed by atoms with E-state index < -0.39 is 0 Å². The van der Waals surface area contributed by atoms with Gasteiger partial charge in [-0.25, -0.2) is 0 Å². The first-order valence-electron chi connectivity index (χ1n) is 5.80. The molecule has 1 saturated heterocycles. The van der Waals surface area contributed by atoms with Crippen LogP contribution < -0.4 is 5.32 Å². The van der Waals surface area contributed by atoms with Gasteiger partial charge in [0.25, 0.3) is 0 Å². The minimum atomic E-state index is 0. The van der Waals surface area contributed by atoms with Crippen molar-refractivity contribution in [3.63, 3.8) is 0 Å². The van der Waals surface area contributed by atoms with Crippen LogP contribution in [0.4, 0.5) is 0 Å². The van der Waals surface area contributed by atoms with Gasteiger partial charge in [0, 0.05) is 12.1 Å². The molecule has 0 amide bonds. The lowest BCUT2D eigenvalue weighted by Crippen LogP contribution is -2.31. The lowest BCUT2D eigenvalue weighted by atomic mass is 9.88. The van der Waals surface area contributed by atoms with Gasteiger partial charge < -0.3 is 10.1 Å². The number of hydrogen-bond acceptors (Lipinski definition) is 2. The average molecular weight is 276 g/mol. The van der Waals surface area contributed by atoms with Gasteiger partial charge in [-0.2, -0.15) is 0 Å². The van der Waals surface area contributed by atoms with Gasteiger partial charge in [-0.15, -0.1) is 12.4 Å². The molecule has 4 heteroatoms. The van der Waals surface area contributed by atoms with Crippen LogP contribution in [-0.2, 0) is 4.74 Å². The highest BCUT2D eigenvalue weighted by molar-refractivity contribution is 6.30. The maximum atomic E-state index is 5.89. The Morgan fingerprint density at radius 3 is 2.35 bits per heavy atom. The van der Waals surface area contributed by atoms with Gasteiger partial charge in [0.15, 0.2) is 0 Å². The summed E-state index contributed by atoms with van der Waals surface area (Å²) in [6.45, 7) is 2.19.